The molecule has 0 atom stereocenters. The maximum Gasteiger partial charge on any atom is 0.105 e. The molecule has 0 N–H and O–H groups in total. The Morgan fingerprint density at radius 3 is 1.33 bits per heavy atom. The summed E-state index contributed by atoms with van der Waals surface area (Å²) in [4.78, 5) is 0. The lowest BCUT2D eigenvalue weighted by atomic mass is 10.1. The number of allylic oxidation sites excluding steroid dienone is 2. The van der Waals surface area contributed by atoms with E-state index in [1.165, 1.54) is 75.3 Å². The largest absolute Gasteiger partial charge is 0.310 e. The number of hydrogen-bond acceptors (Lipinski definition) is 0. The summed E-state index contributed by atoms with van der Waals surface area (Å²) < 4.78 is 1.05. The normalized spacial score (nSPS) is 12.2. The van der Waals surface area contributed by atoms with Crippen LogP contribution in [0.3, 0.4) is 0 Å². The van der Waals surface area contributed by atoms with Gasteiger partial charge in [-0.2, -0.15) is 0 Å². The van der Waals surface area contributed by atoms with Crippen LogP contribution in [0.5, 0.6) is 0 Å². The number of unbranched alkanes of at least 4 members (excludes halogenated alkanes) is 8. The molecule has 0 saturated heterocycles. The zero-order valence-corrected chi connectivity index (χ0v) is 21.4. The molecule has 0 bridgehead atoms. The van der Waals surface area contributed by atoms with Crippen LogP contribution in [0.2, 0.25) is 0 Å². The Balaban J connectivity index is 2.13. The summed E-state index contributed by atoms with van der Waals surface area (Å²) in [5.74, 6) is 0. The predicted molar refractivity (Wildman–Crippen MR) is 146 cm³/mol. The topological polar surface area (TPSA) is 0 Å². The van der Waals surface area contributed by atoms with Crippen molar-refractivity contribution >= 4 is 0 Å². The van der Waals surface area contributed by atoms with Gasteiger partial charge in [0.2, 0.25) is 0 Å². The highest BCUT2D eigenvalue weighted by molar-refractivity contribution is 5.15. The smallest absolute Gasteiger partial charge is 0.105 e. The van der Waals surface area contributed by atoms with E-state index >= 15 is 0 Å². The number of benzene rings is 2. The Morgan fingerprint density at radius 2 is 0.939 bits per heavy atom. The highest BCUT2D eigenvalue weighted by atomic mass is 15.3. The van der Waals surface area contributed by atoms with Crippen LogP contribution in [0.1, 0.15) is 89.2 Å². The van der Waals surface area contributed by atoms with E-state index in [1.807, 2.05) is 0 Å². The lowest BCUT2D eigenvalue weighted by Gasteiger charge is -2.37. The molecular weight excluding hydrogens is 398 g/mol. The number of hydrogen-bond donors (Lipinski definition) is 0. The second-order valence-electron chi connectivity index (χ2n) is 9.64. The number of quaternary nitrogens is 1. The van der Waals surface area contributed by atoms with E-state index in [2.05, 4.69) is 98.8 Å². The Labute approximate surface area is 204 Å². The van der Waals surface area contributed by atoms with E-state index in [0.29, 0.717) is 0 Å². The SMILES string of the molecule is CCCCCC/C=C/C[N+](C/C=C/CCCCCC)(Cc1ccccc1)Cc1ccccc1. The van der Waals surface area contributed by atoms with Gasteiger partial charge < -0.3 is 4.48 Å². The molecule has 0 amide bonds. The first kappa shape index (κ1) is 27.1. The molecule has 2 aromatic carbocycles. The van der Waals surface area contributed by atoms with Crippen molar-refractivity contribution < 1.29 is 4.48 Å². The molecule has 0 unspecified atom stereocenters. The van der Waals surface area contributed by atoms with E-state index in [-0.39, 0.29) is 0 Å². The molecular formula is C32H48N+. The van der Waals surface area contributed by atoms with Crippen LogP contribution in [-0.2, 0) is 13.1 Å². The van der Waals surface area contributed by atoms with Crippen molar-refractivity contribution in [2.45, 2.75) is 91.1 Å². The van der Waals surface area contributed by atoms with Crippen molar-refractivity contribution in [3.05, 3.63) is 96.1 Å². The van der Waals surface area contributed by atoms with Gasteiger partial charge in [-0.3, -0.25) is 0 Å². The summed E-state index contributed by atoms with van der Waals surface area (Å²) in [5, 5.41) is 0. The zero-order valence-electron chi connectivity index (χ0n) is 21.4. The fraction of sp³-hybridized carbons (Fsp3) is 0.500. The summed E-state index contributed by atoms with van der Waals surface area (Å²) in [6, 6.07) is 22.1. The van der Waals surface area contributed by atoms with Crippen LogP contribution in [0.4, 0.5) is 0 Å². The molecule has 2 aromatic rings. The fourth-order valence-corrected chi connectivity index (χ4v) is 4.54. The molecule has 1 heteroatoms. The third kappa shape index (κ3) is 12.1. The monoisotopic (exact) mass is 446 g/mol. The molecule has 0 radical (unpaired) electrons. The molecule has 2 rings (SSSR count). The highest BCUT2D eigenvalue weighted by Gasteiger charge is 2.26. The Bertz CT molecular complexity index is 692. The van der Waals surface area contributed by atoms with Crippen LogP contribution < -0.4 is 0 Å². The van der Waals surface area contributed by atoms with E-state index in [0.717, 1.165) is 30.7 Å². The van der Waals surface area contributed by atoms with Crippen molar-refractivity contribution in [2.24, 2.45) is 0 Å². The molecule has 1 nitrogen and oxygen atoms in total. The average molecular weight is 447 g/mol. The first-order valence-corrected chi connectivity index (χ1v) is 13.5. The van der Waals surface area contributed by atoms with Gasteiger partial charge in [-0.15, -0.1) is 0 Å². The highest BCUT2D eigenvalue weighted by Crippen LogP contribution is 2.21. The zero-order chi connectivity index (χ0) is 23.5. The molecule has 0 aromatic heterocycles. The Hall–Kier alpha value is -2.12. The van der Waals surface area contributed by atoms with Gasteiger partial charge in [-0.1, -0.05) is 125 Å². The van der Waals surface area contributed by atoms with E-state index in [1.54, 1.807) is 0 Å². The van der Waals surface area contributed by atoms with Gasteiger partial charge >= 0.3 is 0 Å². The quantitative estimate of drug-likeness (QED) is 0.122. The van der Waals surface area contributed by atoms with Crippen LogP contribution in [-0.4, -0.2) is 17.6 Å². The van der Waals surface area contributed by atoms with Crippen molar-refractivity contribution in [3.8, 4) is 0 Å². The minimum Gasteiger partial charge on any atom is -0.310 e. The minimum atomic E-state index is 1.05. The van der Waals surface area contributed by atoms with Gasteiger partial charge in [0.25, 0.3) is 0 Å². The molecule has 0 aliphatic heterocycles. The van der Waals surface area contributed by atoms with E-state index < -0.39 is 0 Å². The van der Waals surface area contributed by atoms with Crippen molar-refractivity contribution in [1.29, 1.82) is 0 Å². The molecule has 0 saturated carbocycles. The van der Waals surface area contributed by atoms with Crippen molar-refractivity contribution in [1.82, 2.24) is 0 Å². The summed E-state index contributed by atoms with van der Waals surface area (Å²) in [7, 11) is 0. The number of rotatable bonds is 18. The van der Waals surface area contributed by atoms with Crippen LogP contribution in [0.15, 0.2) is 85.0 Å². The molecule has 0 aliphatic rings. The van der Waals surface area contributed by atoms with Gasteiger partial charge in [0.15, 0.2) is 0 Å². The minimum absolute atomic E-state index is 1.05. The van der Waals surface area contributed by atoms with Gasteiger partial charge in [0.1, 0.15) is 13.1 Å². The molecule has 0 aliphatic carbocycles. The van der Waals surface area contributed by atoms with Crippen molar-refractivity contribution in [2.75, 3.05) is 13.1 Å². The fourth-order valence-electron chi connectivity index (χ4n) is 4.54. The molecule has 0 heterocycles. The van der Waals surface area contributed by atoms with Crippen LogP contribution in [0.25, 0.3) is 0 Å². The second-order valence-corrected chi connectivity index (χ2v) is 9.64. The summed E-state index contributed by atoms with van der Waals surface area (Å²) in [5.41, 5.74) is 2.86. The van der Waals surface area contributed by atoms with Gasteiger partial charge in [0.05, 0.1) is 13.1 Å². The maximum atomic E-state index is 2.47. The van der Waals surface area contributed by atoms with Crippen LogP contribution >= 0.6 is 0 Å². The van der Waals surface area contributed by atoms with Crippen LogP contribution in [0, 0.1) is 0 Å². The Morgan fingerprint density at radius 1 is 0.515 bits per heavy atom. The van der Waals surface area contributed by atoms with Gasteiger partial charge in [0, 0.05) is 11.1 Å². The van der Waals surface area contributed by atoms with E-state index in [9.17, 15) is 0 Å². The molecule has 180 valence electrons. The lowest BCUT2D eigenvalue weighted by molar-refractivity contribution is -0.943. The predicted octanol–water partition coefficient (Wildman–Crippen LogP) is 9.26. The molecule has 0 spiro atoms. The lowest BCUT2D eigenvalue weighted by Crippen LogP contribution is -2.46. The van der Waals surface area contributed by atoms with Gasteiger partial charge in [-0.25, -0.2) is 0 Å². The molecule has 33 heavy (non-hydrogen) atoms. The third-order valence-corrected chi connectivity index (χ3v) is 6.49. The maximum absolute atomic E-state index is 2.47. The number of nitrogens with zero attached hydrogens (tertiary/aromatic N) is 1. The second kappa shape index (κ2) is 17.4. The summed E-state index contributed by atoms with van der Waals surface area (Å²) >= 11 is 0. The molecule has 0 fully saturated rings. The standard InChI is InChI=1S/C32H48N/c1-3-5-7-9-11-13-21-27-33(29-31-23-17-15-18-24-31,30-32-25-19-16-20-26-32)28-22-14-12-10-8-6-4-2/h13-26H,3-12,27-30H2,1-2H3/q+1/b21-13+,22-14+. The first-order valence-electron chi connectivity index (χ1n) is 13.5. The van der Waals surface area contributed by atoms with E-state index in [4.69, 9.17) is 0 Å². The first-order chi connectivity index (χ1) is 16.3. The third-order valence-electron chi connectivity index (χ3n) is 6.49. The van der Waals surface area contributed by atoms with Gasteiger partial charge in [-0.05, 0) is 37.8 Å². The summed E-state index contributed by atoms with van der Waals surface area (Å²) in [6.07, 6.45) is 22.9. The summed E-state index contributed by atoms with van der Waals surface area (Å²) in [6.45, 7) is 8.86. The Kier molecular flexibility index (Phi) is 14.3. The average Bonchev–Trinajstić information content (AvgIpc) is 2.84. The van der Waals surface area contributed by atoms with Crippen molar-refractivity contribution in [3.63, 3.8) is 0 Å².